The number of nitrogens with one attached hydrogen (secondary N) is 4. The van der Waals surface area contributed by atoms with E-state index in [1.54, 1.807) is 38.2 Å². The highest BCUT2D eigenvalue weighted by atomic mass is 19.3. The Morgan fingerprint density at radius 1 is 0.815 bits per heavy atom. The summed E-state index contributed by atoms with van der Waals surface area (Å²) in [7, 11) is 2.49. The zero-order chi connectivity index (χ0) is 46.1. The number of amides is 4. The number of aromatic amines is 2. The summed E-state index contributed by atoms with van der Waals surface area (Å²) in [5, 5.41) is 15.1. The lowest BCUT2D eigenvalue weighted by Crippen LogP contribution is -2.54. The summed E-state index contributed by atoms with van der Waals surface area (Å²) in [5.41, 5.74) is 4.26. The first-order valence-corrected chi connectivity index (χ1v) is 22.1. The van der Waals surface area contributed by atoms with Gasteiger partial charge in [-0.2, -0.15) is 14.0 Å². The SMILES string of the molecule is COC(=O)N[C@H](C(=O)N1C[C@@H](C#N)CC1c1ncc(-c2ccc3c(c2)C(F)(F)c2cc(-c4ccc5nc([C@@H]6[C@H]7CC[C@H](C7)N6C(=O)[C@@H](NC(=O)OC)C(C)C)[nH]c5c4)ccc2-3)[nH]1)C(C)C. The lowest BCUT2D eigenvalue weighted by atomic mass is 9.95. The number of rotatable bonds is 10. The Bertz CT molecular complexity index is 2760. The van der Waals surface area contributed by atoms with Crippen molar-refractivity contribution < 1.29 is 37.4 Å². The van der Waals surface area contributed by atoms with Crippen molar-refractivity contribution in [1.82, 2.24) is 40.4 Å². The maximum absolute atomic E-state index is 16.6. The Hall–Kier alpha value is -6.83. The molecule has 7 atom stereocenters. The molecule has 0 spiro atoms. The van der Waals surface area contributed by atoms with Crippen molar-refractivity contribution >= 4 is 35.0 Å². The number of carbonyl (C=O) groups is 4. The third-order valence-corrected chi connectivity index (χ3v) is 13.7. The van der Waals surface area contributed by atoms with E-state index >= 15 is 8.78 Å². The minimum Gasteiger partial charge on any atom is -0.453 e. The second-order valence-electron chi connectivity index (χ2n) is 18.3. The number of halogens is 2. The number of H-pyrrole nitrogens is 2. The average Bonchev–Trinajstić information content (AvgIpc) is 4.17. The second kappa shape index (κ2) is 16.6. The number of piperidine rings is 1. The van der Waals surface area contributed by atoms with Crippen molar-refractivity contribution in [3.8, 4) is 39.6 Å². The lowest BCUT2D eigenvalue weighted by Gasteiger charge is -2.37. The quantitative estimate of drug-likeness (QED) is 0.107. The molecule has 4 N–H and O–H groups in total. The highest BCUT2D eigenvalue weighted by molar-refractivity contribution is 5.89. The molecule has 4 amide bonds. The smallest absolute Gasteiger partial charge is 0.407 e. The van der Waals surface area contributed by atoms with E-state index in [0.717, 1.165) is 24.8 Å². The van der Waals surface area contributed by atoms with Crippen molar-refractivity contribution in [2.45, 2.75) is 89.5 Å². The van der Waals surface area contributed by atoms with E-state index in [4.69, 9.17) is 14.5 Å². The number of nitrogens with zero attached hydrogens (tertiary/aromatic N) is 5. The van der Waals surface area contributed by atoms with Gasteiger partial charge in [-0.15, -0.1) is 0 Å². The third-order valence-electron chi connectivity index (χ3n) is 13.7. The number of fused-ring (bicyclic) bond motifs is 6. The molecule has 3 aromatic carbocycles. The minimum absolute atomic E-state index is 0.0347. The highest BCUT2D eigenvalue weighted by Crippen LogP contribution is 2.53. The number of aromatic nitrogens is 4. The van der Waals surface area contributed by atoms with Gasteiger partial charge in [-0.25, -0.2) is 19.6 Å². The molecule has 2 aromatic heterocycles. The van der Waals surface area contributed by atoms with Crippen molar-refractivity contribution in [3.63, 3.8) is 0 Å². The van der Waals surface area contributed by atoms with Gasteiger partial charge in [-0.3, -0.25) is 9.59 Å². The minimum atomic E-state index is -3.33. The molecule has 1 unspecified atom stereocenters. The number of likely N-dealkylation sites (tertiary alicyclic amines) is 2. The van der Waals surface area contributed by atoms with E-state index in [2.05, 4.69) is 31.7 Å². The molecule has 1 saturated carbocycles. The van der Waals surface area contributed by atoms with E-state index in [-0.39, 0.29) is 59.3 Å². The molecule has 338 valence electrons. The molecule has 15 nitrogen and oxygen atoms in total. The Balaban J connectivity index is 0.961. The largest absolute Gasteiger partial charge is 0.453 e. The van der Waals surface area contributed by atoms with Gasteiger partial charge in [0.25, 0.3) is 5.92 Å². The predicted molar refractivity (Wildman–Crippen MR) is 235 cm³/mol. The summed E-state index contributed by atoms with van der Waals surface area (Å²) in [4.78, 5) is 71.8. The monoisotopic (exact) mass is 887 g/mol. The van der Waals surface area contributed by atoms with Crippen LogP contribution in [0, 0.1) is 35.0 Å². The van der Waals surface area contributed by atoms with Crippen LogP contribution in [0.1, 0.15) is 88.2 Å². The Morgan fingerprint density at radius 2 is 1.43 bits per heavy atom. The molecule has 2 saturated heterocycles. The van der Waals surface area contributed by atoms with Crippen LogP contribution in [0.2, 0.25) is 0 Å². The van der Waals surface area contributed by atoms with E-state index in [1.807, 2.05) is 43.0 Å². The second-order valence-corrected chi connectivity index (χ2v) is 18.3. The van der Waals surface area contributed by atoms with Crippen LogP contribution in [0.5, 0.6) is 0 Å². The van der Waals surface area contributed by atoms with Crippen molar-refractivity contribution in [1.29, 1.82) is 5.26 Å². The molecular formula is C48H51F2N9O6. The number of hydrogen-bond donors (Lipinski definition) is 4. The van der Waals surface area contributed by atoms with Crippen molar-refractivity contribution in [2.24, 2.45) is 23.7 Å². The summed E-state index contributed by atoms with van der Waals surface area (Å²) in [6.45, 7) is 7.51. The lowest BCUT2D eigenvalue weighted by molar-refractivity contribution is -0.139. The van der Waals surface area contributed by atoms with Crippen LogP contribution >= 0.6 is 0 Å². The third kappa shape index (κ3) is 7.51. The predicted octanol–water partition coefficient (Wildman–Crippen LogP) is 7.97. The Morgan fingerprint density at radius 3 is 2.08 bits per heavy atom. The molecule has 2 bridgehead atoms. The topological polar surface area (TPSA) is 198 Å². The zero-order valence-electron chi connectivity index (χ0n) is 36.9. The number of imidazole rings is 2. The molecule has 2 aliphatic carbocycles. The highest BCUT2D eigenvalue weighted by Gasteiger charge is 2.52. The molecule has 0 radical (unpaired) electrons. The van der Waals surface area contributed by atoms with E-state index < -0.39 is 42.2 Å². The fraction of sp³-hybridized carbons (Fsp3) is 0.438. The molecule has 17 heteroatoms. The molecule has 4 aliphatic rings. The number of benzene rings is 3. The number of methoxy groups -OCH3 is 2. The van der Waals surface area contributed by atoms with Crippen LogP contribution in [0.25, 0.3) is 44.5 Å². The van der Waals surface area contributed by atoms with Crippen molar-refractivity contribution in [3.05, 3.63) is 83.6 Å². The first kappa shape index (κ1) is 43.4. The molecular weight excluding hydrogens is 837 g/mol. The first-order chi connectivity index (χ1) is 31.1. The molecule has 5 aromatic rings. The van der Waals surface area contributed by atoms with Crippen LogP contribution in [0.3, 0.4) is 0 Å². The van der Waals surface area contributed by atoms with E-state index in [0.29, 0.717) is 57.1 Å². The summed E-state index contributed by atoms with van der Waals surface area (Å²) in [6, 6.07) is 15.3. The van der Waals surface area contributed by atoms with Gasteiger partial charge in [0, 0.05) is 29.3 Å². The summed E-state index contributed by atoms with van der Waals surface area (Å²) < 4.78 is 42.8. The average molecular weight is 888 g/mol. The number of hydrogen-bond acceptors (Lipinski definition) is 9. The first-order valence-electron chi connectivity index (χ1n) is 22.1. The Labute approximate surface area is 374 Å². The van der Waals surface area contributed by atoms with Crippen LogP contribution in [0.15, 0.2) is 60.8 Å². The van der Waals surface area contributed by atoms with Crippen LogP contribution in [-0.4, -0.2) is 92.6 Å². The Kier molecular flexibility index (Phi) is 11.1. The maximum Gasteiger partial charge on any atom is 0.407 e. The van der Waals surface area contributed by atoms with Gasteiger partial charge in [0.2, 0.25) is 11.8 Å². The summed E-state index contributed by atoms with van der Waals surface area (Å²) >= 11 is 0. The summed E-state index contributed by atoms with van der Waals surface area (Å²) in [6.07, 6.45) is 3.13. The van der Waals surface area contributed by atoms with Gasteiger partial charge in [-0.05, 0) is 90.0 Å². The van der Waals surface area contributed by atoms with Crippen LogP contribution < -0.4 is 10.6 Å². The molecule has 65 heavy (non-hydrogen) atoms. The standard InChI is InChI=1S/C48H51F2N9O6/c1-23(2)39(56-46(62)64-5)44(60)58-22-25(20-51)15-38(58)42-52-21-37(55-42)28-9-13-32-31-12-8-26(17-33(31)48(49,50)34(32)18-28)27-10-14-35-36(19-27)54-43(53-35)41-29-7-11-30(16-29)59(41)45(61)40(24(3)4)57-47(63)65-6/h8-10,12-14,17-19,21,23-25,29-30,38-41H,7,11,15-16,22H2,1-6H3,(H,52,55)(H,53,54)(H,56,62)(H,57,63)/t25-,29+,30-,38?,39+,40+,41+/m1/s1. The number of alkyl carbamates (subject to hydrolysis) is 2. The van der Waals surface area contributed by atoms with Gasteiger partial charge in [0.1, 0.15) is 23.7 Å². The number of ether oxygens (including phenoxy) is 2. The van der Waals surface area contributed by atoms with Crippen LogP contribution in [-0.2, 0) is 25.0 Å². The number of alkyl halides is 2. The fourth-order valence-electron chi connectivity index (χ4n) is 10.4. The van der Waals surface area contributed by atoms with Gasteiger partial charge in [0.05, 0.1) is 61.2 Å². The molecule has 2 aliphatic heterocycles. The van der Waals surface area contributed by atoms with Gasteiger partial charge >= 0.3 is 12.2 Å². The zero-order valence-corrected chi connectivity index (χ0v) is 36.9. The fourth-order valence-corrected chi connectivity index (χ4v) is 10.4. The van der Waals surface area contributed by atoms with E-state index in [1.165, 1.54) is 31.3 Å². The van der Waals surface area contributed by atoms with Gasteiger partial charge in [0.15, 0.2) is 0 Å². The maximum atomic E-state index is 16.6. The molecule has 4 heterocycles. The van der Waals surface area contributed by atoms with Crippen LogP contribution in [0.4, 0.5) is 18.4 Å². The number of carbonyl (C=O) groups excluding carboxylic acids is 4. The number of nitriles is 1. The van der Waals surface area contributed by atoms with Crippen molar-refractivity contribution in [2.75, 3.05) is 20.8 Å². The molecule has 3 fully saturated rings. The normalized spacial score (nSPS) is 22.4. The van der Waals surface area contributed by atoms with Gasteiger partial charge in [-0.1, -0.05) is 58.0 Å². The molecule has 9 rings (SSSR count). The van der Waals surface area contributed by atoms with Gasteiger partial charge < -0.3 is 39.9 Å². The van der Waals surface area contributed by atoms with E-state index in [9.17, 15) is 24.4 Å². The summed E-state index contributed by atoms with van der Waals surface area (Å²) in [5.74, 6) is -3.52.